The van der Waals surface area contributed by atoms with Crippen LogP contribution < -0.4 is 4.72 Å². The summed E-state index contributed by atoms with van der Waals surface area (Å²) in [6, 6.07) is 9.91. The molecule has 0 spiro atoms. The zero-order chi connectivity index (χ0) is 18.0. The third kappa shape index (κ3) is 4.00. The second-order valence-corrected chi connectivity index (χ2v) is 7.09. The lowest BCUT2D eigenvalue weighted by atomic mass is 10.1. The molecule has 25 heavy (non-hydrogen) atoms. The van der Waals surface area contributed by atoms with Gasteiger partial charge in [0.2, 0.25) is 0 Å². The van der Waals surface area contributed by atoms with E-state index >= 15 is 0 Å². The van der Waals surface area contributed by atoms with Gasteiger partial charge in [0, 0.05) is 0 Å². The maximum absolute atomic E-state index is 13.7. The number of hydrogen-bond donors (Lipinski definition) is 1. The molecule has 6 nitrogen and oxygen atoms in total. The van der Waals surface area contributed by atoms with Gasteiger partial charge in [-0.1, -0.05) is 29.8 Å². The quantitative estimate of drug-likeness (QED) is 0.755. The summed E-state index contributed by atoms with van der Waals surface area (Å²) in [4.78, 5) is 3.04. The molecule has 0 aliphatic carbocycles. The highest BCUT2D eigenvalue weighted by molar-refractivity contribution is 7.92. The number of sulfonamides is 1. The minimum atomic E-state index is -4.34. The summed E-state index contributed by atoms with van der Waals surface area (Å²) in [5.41, 5.74) is 2.05. The normalized spacial score (nSPS) is 11.5. The van der Waals surface area contributed by atoms with Crippen molar-refractivity contribution in [2.45, 2.75) is 18.4 Å². The zero-order valence-electron chi connectivity index (χ0n) is 13.1. The van der Waals surface area contributed by atoms with Crippen molar-refractivity contribution in [1.29, 1.82) is 0 Å². The number of aromatic nitrogens is 3. The van der Waals surface area contributed by atoms with Crippen molar-refractivity contribution in [2.24, 2.45) is 0 Å². The van der Waals surface area contributed by atoms with Crippen LogP contribution in [-0.2, 0) is 16.6 Å². The number of hydrogen-bond acceptors (Lipinski definition) is 4. The zero-order valence-corrected chi connectivity index (χ0v) is 14.0. The lowest BCUT2D eigenvalue weighted by Gasteiger charge is -2.06. The Kier molecular flexibility index (Phi) is 4.49. The van der Waals surface area contributed by atoms with E-state index in [1.54, 1.807) is 0 Å². The van der Waals surface area contributed by atoms with Crippen LogP contribution in [0.5, 0.6) is 0 Å². The van der Waals surface area contributed by atoms with Gasteiger partial charge in [0.15, 0.2) is 0 Å². The second-order valence-electron chi connectivity index (χ2n) is 5.44. The Morgan fingerprint density at radius 3 is 2.72 bits per heavy atom. The molecule has 3 aromatic rings. The lowest BCUT2D eigenvalue weighted by molar-refractivity contribution is 0.555. The van der Waals surface area contributed by atoms with E-state index in [2.05, 4.69) is 10.1 Å². The summed E-state index contributed by atoms with van der Waals surface area (Å²) in [6.45, 7) is 2.35. The number of halogens is 2. The van der Waals surface area contributed by atoms with Crippen molar-refractivity contribution >= 4 is 16.0 Å². The third-order valence-corrected chi connectivity index (χ3v) is 4.72. The van der Waals surface area contributed by atoms with Crippen LogP contribution in [0.3, 0.4) is 0 Å². The number of benzene rings is 2. The molecule has 0 saturated heterocycles. The molecular formula is C16H14F2N4O2S. The standard InChI is InChI=1S/C16H14F2N4O2S/c1-11-3-2-4-12(7-11)9-22-10-19-16(20-22)21-25(23,24)15-8-13(17)5-6-14(15)18/h2-8,10H,9H2,1H3,(H,20,21). The molecule has 0 aliphatic heterocycles. The Labute approximate surface area is 143 Å². The number of nitrogens with one attached hydrogen (secondary N) is 1. The third-order valence-electron chi connectivity index (χ3n) is 3.37. The molecule has 0 radical (unpaired) electrons. The fraction of sp³-hybridized carbons (Fsp3) is 0.125. The topological polar surface area (TPSA) is 76.9 Å². The van der Waals surface area contributed by atoms with Crippen molar-refractivity contribution in [2.75, 3.05) is 4.72 Å². The average molecular weight is 364 g/mol. The highest BCUT2D eigenvalue weighted by Crippen LogP contribution is 2.18. The van der Waals surface area contributed by atoms with Crippen LogP contribution in [-0.4, -0.2) is 23.2 Å². The molecule has 1 N–H and O–H groups in total. The molecule has 0 unspecified atom stereocenters. The minimum Gasteiger partial charge on any atom is -0.246 e. The Bertz CT molecular complexity index is 1020. The molecule has 0 bridgehead atoms. The molecule has 130 valence electrons. The predicted molar refractivity (Wildman–Crippen MR) is 87.5 cm³/mol. The van der Waals surface area contributed by atoms with Gasteiger partial charge in [-0.15, -0.1) is 5.10 Å². The molecule has 0 aliphatic rings. The summed E-state index contributed by atoms with van der Waals surface area (Å²) < 4.78 is 54.7. The first kappa shape index (κ1) is 17.0. The molecule has 2 aromatic carbocycles. The highest BCUT2D eigenvalue weighted by atomic mass is 32.2. The molecule has 1 heterocycles. The molecule has 0 fully saturated rings. The van der Waals surface area contributed by atoms with Crippen molar-refractivity contribution < 1.29 is 17.2 Å². The summed E-state index contributed by atoms with van der Waals surface area (Å²) >= 11 is 0. The van der Waals surface area contributed by atoms with Crippen molar-refractivity contribution in [3.63, 3.8) is 0 Å². The van der Waals surface area contributed by atoms with Gasteiger partial charge in [-0.25, -0.2) is 26.6 Å². The maximum Gasteiger partial charge on any atom is 0.267 e. The minimum absolute atomic E-state index is 0.226. The first-order valence-electron chi connectivity index (χ1n) is 7.26. The van der Waals surface area contributed by atoms with E-state index < -0.39 is 26.6 Å². The number of aryl methyl sites for hydroxylation is 1. The van der Waals surface area contributed by atoms with Gasteiger partial charge >= 0.3 is 0 Å². The van der Waals surface area contributed by atoms with E-state index in [4.69, 9.17) is 0 Å². The second kappa shape index (κ2) is 6.60. The van der Waals surface area contributed by atoms with Crippen LogP contribution in [0.15, 0.2) is 53.7 Å². The van der Waals surface area contributed by atoms with Gasteiger partial charge in [-0.3, -0.25) is 0 Å². The van der Waals surface area contributed by atoms with Gasteiger partial charge in [0.25, 0.3) is 16.0 Å². The van der Waals surface area contributed by atoms with Crippen molar-refractivity contribution in [1.82, 2.24) is 14.8 Å². The number of rotatable bonds is 5. The monoisotopic (exact) mass is 364 g/mol. The molecule has 3 rings (SSSR count). The number of anilines is 1. The first-order chi connectivity index (χ1) is 11.8. The Hall–Kier alpha value is -2.81. The maximum atomic E-state index is 13.7. The van der Waals surface area contributed by atoms with Crippen LogP contribution >= 0.6 is 0 Å². The summed E-state index contributed by atoms with van der Waals surface area (Å²) in [7, 11) is -4.34. The molecular weight excluding hydrogens is 350 g/mol. The van der Waals surface area contributed by atoms with E-state index in [0.29, 0.717) is 12.6 Å². The molecule has 1 aromatic heterocycles. The largest absolute Gasteiger partial charge is 0.267 e. The van der Waals surface area contributed by atoms with E-state index in [-0.39, 0.29) is 5.95 Å². The summed E-state index contributed by atoms with van der Waals surface area (Å²) in [5, 5.41) is 4.00. The van der Waals surface area contributed by atoms with Crippen LogP contribution in [0, 0.1) is 18.6 Å². The fourth-order valence-corrected chi connectivity index (χ4v) is 3.31. The highest BCUT2D eigenvalue weighted by Gasteiger charge is 2.21. The summed E-state index contributed by atoms with van der Waals surface area (Å²) in [5.74, 6) is -2.15. The van der Waals surface area contributed by atoms with Gasteiger partial charge < -0.3 is 0 Å². The molecule has 0 atom stereocenters. The van der Waals surface area contributed by atoms with Crippen LogP contribution in [0.1, 0.15) is 11.1 Å². The van der Waals surface area contributed by atoms with E-state index in [1.165, 1.54) is 11.0 Å². The van der Waals surface area contributed by atoms with Gasteiger partial charge in [0.05, 0.1) is 6.54 Å². The smallest absolute Gasteiger partial charge is 0.246 e. The SMILES string of the molecule is Cc1cccc(Cn2cnc(NS(=O)(=O)c3cc(F)ccc3F)n2)c1. The van der Waals surface area contributed by atoms with Crippen molar-refractivity contribution in [3.05, 3.63) is 71.6 Å². The number of nitrogens with zero attached hydrogens (tertiary/aromatic N) is 3. The Morgan fingerprint density at radius 1 is 1.16 bits per heavy atom. The predicted octanol–water partition coefficient (Wildman–Crippen LogP) is 2.71. The average Bonchev–Trinajstić information content (AvgIpc) is 2.96. The van der Waals surface area contributed by atoms with Crippen LogP contribution in [0.2, 0.25) is 0 Å². The Morgan fingerprint density at radius 2 is 1.96 bits per heavy atom. The van der Waals surface area contributed by atoms with E-state index in [9.17, 15) is 17.2 Å². The molecule has 9 heteroatoms. The molecule has 0 saturated carbocycles. The fourth-order valence-electron chi connectivity index (χ4n) is 2.27. The Balaban J connectivity index is 1.80. The van der Waals surface area contributed by atoms with Crippen LogP contribution in [0.4, 0.5) is 14.7 Å². The molecule has 0 amide bonds. The lowest BCUT2D eigenvalue weighted by Crippen LogP contribution is -2.16. The van der Waals surface area contributed by atoms with Gasteiger partial charge in [0.1, 0.15) is 22.9 Å². The van der Waals surface area contributed by atoms with Gasteiger partial charge in [-0.05, 0) is 30.7 Å². The first-order valence-corrected chi connectivity index (χ1v) is 8.75. The van der Waals surface area contributed by atoms with Crippen LogP contribution in [0.25, 0.3) is 0 Å². The van der Waals surface area contributed by atoms with E-state index in [1.807, 2.05) is 35.9 Å². The van der Waals surface area contributed by atoms with Gasteiger partial charge in [-0.2, -0.15) is 4.98 Å². The summed E-state index contributed by atoms with van der Waals surface area (Å²) in [6.07, 6.45) is 1.35. The van der Waals surface area contributed by atoms with Crippen molar-refractivity contribution in [3.8, 4) is 0 Å². The van der Waals surface area contributed by atoms with E-state index in [0.717, 1.165) is 23.3 Å².